The van der Waals surface area contributed by atoms with E-state index in [1.807, 2.05) is 17.7 Å². The van der Waals surface area contributed by atoms with Gasteiger partial charge in [0.05, 0.1) is 18.6 Å². The zero-order chi connectivity index (χ0) is 8.55. The lowest BCUT2D eigenvalue weighted by molar-refractivity contribution is 0.277. The van der Waals surface area contributed by atoms with Gasteiger partial charge in [0, 0.05) is 7.05 Å². The average Bonchev–Trinajstić information content (AvgIpc) is 2.47. The molecule has 4 heteroatoms. The van der Waals surface area contributed by atoms with Gasteiger partial charge in [-0.2, -0.15) is 0 Å². The normalized spacial score (nSPS) is 10.8. The molecule has 1 N–H and O–H groups in total. The molecule has 0 fully saturated rings. The van der Waals surface area contributed by atoms with Crippen LogP contribution >= 0.6 is 0 Å². The van der Waals surface area contributed by atoms with Crippen LogP contribution in [0.5, 0.6) is 0 Å². The maximum Gasteiger partial charge on any atom is 0.159 e. The topological polar surface area (TPSA) is 50.9 Å². The Kier molecular flexibility index (Phi) is 1.55. The molecule has 2 aromatic rings. The second-order valence-electron chi connectivity index (χ2n) is 2.66. The van der Waals surface area contributed by atoms with Crippen molar-refractivity contribution >= 4 is 11.2 Å². The molecule has 2 rings (SSSR count). The SMILES string of the molecule is Cn1cnc2ccc(CO)nc21. The molecule has 0 atom stereocenters. The lowest BCUT2D eigenvalue weighted by atomic mass is 10.3. The van der Waals surface area contributed by atoms with Crippen LogP contribution in [-0.2, 0) is 13.7 Å². The summed E-state index contributed by atoms with van der Waals surface area (Å²) in [5, 5.41) is 8.83. The molecule has 0 amide bonds. The van der Waals surface area contributed by atoms with Gasteiger partial charge >= 0.3 is 0 Å². The van der Waals surface area contributed by atoms with Gasteiger partial charge in [-0.05, 0) is 12.1 Å². The van der Waals surface area contributed by atoms with Gasteiger partial charge in [-0.1, -0.05) is 0 Å². The van der Waals surface area contributed by atoms with Crippen LogP contribution in [0.1, 0.15) is 5.69 Å². The van der Waals surface area contributed by atoms with Crippen LogP contribution in [0.15, 0.2) is 18.5 Å². The largest absolute Gasteiger partial charge is 0.390 e. The van der Waals surface area contributed by atoms with E-state index in [1.54, 1.807) is 12.4 Å². The van der Waals surface area contributed by atoms with Crippen LogP contribution in [0, 0.1) is 0 Å². The number of fused-ring (bicyclic) bond motifs is 1. The number of hydrogen-bond donors (Lipinski definition) is 1. The molecule has 2 aromatic heterocycles. The molecular weight excluding hydrogens is 154 g/mol. The molecule has 62 valence electrons. The van der Waals surface area contributed by atoms with Crippen molar-refractivity contribution in [3.05, 3.63) is 24.2 Å². The fraction of sp³-hybridized carbons (Fsp3) is 0.250. The summed E-state index contributed by atoms with van der Waals surface area (Å²) in [5.74, 6) is 0. The highest BCUT2D eigenvalue weighted by Crippen LogP contribution is 2.09. The third kappa shape index (κ3) is 0.967. The van der Waals surface area contributed by atoms with Gasteiger partial charge < -0.3 is 9.67 Å². The van der Waals surface area contributed by atoms with Crippen LogP contribution < -0.4 is 0 Å². The number of nitrogens with zero attached hydrogens (tertiary/aromatic N) is 3. The number of hydrogen-bond acceptors (Lipinski definition) is 3. The Morgan fingerprint density at radius 2 is 2.33 bits per heavy atom. The zero-order valence-electron chi connectivity index (χ0n) is 6.73. The Morgan fingerprint density at radius 3 is 3.08 bits per heavy atom. The highest BCUT2D eigenvalue weighted by molar-refractivity contribution is 5.70. The lowest BCUT2D eigenvalue weighted by Gasteiger charge is -1.96. The first-order valence-electron chi connectivity index (χ1n) is 3.69. The predicted molar refractivity (Wildman–Crippen MR) is 44.4 cm³/mol. The minimum atomic E-state index is -0.0267. The van der Waals surface area contributed by atoms with Crippen molar-refractivity contribution in [3.63, 3.8) is 0 Å². The minimum absolute atomic E-state index is 0.0267. The molecule has 0 radical (unpaired) electrons. The number of imidazole rings is 1. The Hall–Kier alpha value is -1.42. The molecule has 0 aliphatic carbocycles. The van der Waals surface area contributed by atoms with E-state index in [0.29, 0.717) is 5.69 Å². The van der Waals surface area contributed by atoms with E-state index >= 15 is 0 Å². The van der Waals surface area contributed by atoms with E-state index in [2.05, 4.69) is 9.97 Å². The summed E-state index contributed by atoms with van der Waals surface area (Å²) in [6, 6.07) is 3.63. The fourth-order valence-corrected chi connectivity index (χ4v) is 1.13. The number of aromatic nitrogens is 3. The van der Waals surface area contributed by atoms with Crippen LogP contribution in [0.2, 0.25) is 0 Å². The zero-order valence-corrected chi connectivity index (χ0v) is 6.73. The first-order chi connectivity index (χ1) is 5.81. The summed E-state index contributed by atoms with van der Waals surface area (Å²) in [4.78, 5) is 8.32. The number of rotatable bonds is 1. The summed E-state index contributed by atoms with van der Waals surface area (Å²) in [5.41, 5.74) is 2.34. The molecular formula is C8H9N3O. The van der Waals surface area contributed by atoms with Crippen molar-refractivity contribution in [2.45, 2.75) is 6.61 Å². The molecule has 0 bridgehead atoms. The van der Waals surface area contributed by atoms with E-state index < -0.39 is 0 Å². The van der Waals surface area contributed by atoms with Crippen LogP contribution in [-0.4, -0.2) is 19.6 Å². The molecule has 0 aromatic carbocycles. The quantitative estimate of drug-likeness (QED) is 0.664. The van der Waals surface area contributed by atoms with E-state index in [-0.39, 0.29) is 6.61 Å². The molecule has 0 saturated heterocycles. The van der Waals surface area contributed by atoms with Crippen molar-refractivity contribution in [2.24, 2.45) is 7.05 Å². The maximum atomic E-state index is 8.83. The number of aliphatic hydroxyl groups is 1. The third-order valence-corrected chi connectivity index (χ3v) is 1.78. The second kappa shape index (κ2) is 2.57. The second-order valence-corrected chi connectivity index (χ2v) is 2.66. The standard InChI is InChI=1S/C8H9N3O/c1-11-5-9-7-3-2-6(4-12)10-8(7)11/h2-3,5,12H,4H2,1H3. The lowest BCUT2D eigenvalue weighted by Crippen LogP contribution is -1.92. The molecule has 0 saturated carbocycles. The molecule has 0 unspecified atom stereocenters. The molecule has 0 spiro atoms. The third-order valence-electron chi connectivity index (χ3n) is 1.78. The highest BCUT2D eigenvalue weighted by atomic mass is 16.3. The first-order valence-corrected chi connectivity index (χ1v) is 3.69. The Labute approximate surface area is 69.5 Å². The van der Waals surface area contributed by atoms with Gasteiger partial charge in [0.1, 0.15) is 5.52 Å². The van der Waals surface area contributed by atoms with Gasteiger partial charge in [0.15, 0.2) is 5.65 Å². The van der Waals surface area contributed by atoms with Crippen molar-refractivity contribution in [3.8, 4) is 0 Å². The number of aliphatic hydroxyl groups excluding tert-OH is 1. The van der Waals surface area contributed by atoms with E-state index in [1.165, 1.54) is 0 Å². The number of aryl methyl sites for hydroxylation is 1. The van der Waals surface area contributed by atoms with Gasteiger partial charge in [0.25, 0.3) is 0 Å². The van der Waals surface area contributed by atoms with Gasteiger partial charge in [0.2, 0.25) is 0 Å². The monoisotopic (exact) mass is 163 g/mol. The Morgan fingerprint density at radius 1 is 1.50 bits per heavy atom. The highest BCUT2D eigenvalue weighted by Gasteiger charge is 2.00. The average molecular weight is 163 g/mol. The van der Waals surface area contributed by atoms with Crippen molar-refractivity contribution in [1.82, 2.24) is 14.5 Å². The summed E-state index contributed by atoms with van der Waals surface area (Å²) in [7, 11) is 1.88. The number of pyridine rings is 1. The van der Waals surface area contributed by atoms with Crippen LogP contribution in [0.3, 0.4) is 0 Å². The smallest absolute Gasteiger partial charge is 0.159 e. The fourth-order valence-electron chi connectivity index (χ4n) is 1.13. The minimum Gasteiger partial charge on any atom is -0.390 e. The van der Waals surface area contributed by atoms with E-state index in [0.717, 1.165) is 11.2 Å². The summed E-state index contributed by atoms with van der Waals surface area (Å²) >= 11 is 0. The molecule has 4 nitrogen and oxygen atoms in total. The molecule has 0 aliphatic rings. The summed E-state index contributed by atoms with van der Waals surface area (Å²) in [6.45, 7) is -0.0267. The molecule has 2 heterocycles. The van der Waals surface area contributed by atoms with Gasteiger partial charge in [-0.15, -0.1) is 0 Å². The van der Waals surface area contributed by atoms with Crippen molar-refractivity contribution in [2.75, 3.05) is 0 Å². The predicted octanol–water partition coefficient (Wildman–Crippen LogP) is 0.461. The Balaban J connectivity index is 2.71. The summed E-state index contributed by atoms with van der Waals surface area (Å²) < 4.78 is 1.83. The van der Waals surface area contributed by atoms with Crippen LogP contribution in [0.4, 0.5) is 0 Å². The molecule has 0 aliphatic heterocycles. The Bertz CT molecular complexity index is 408. The van der Waals surface area contributed by atoms with Crippen LogP contribution in [0.25, 0.3) is 11.2 Å². The first kappa shape index (κ1) is 7.24. The van der Waals surface area contributed by atoms with Gasteiger partial charge in [-0.3, -0.25) is 0 Å². The summed E-state index contributed by atoms with van der Waals surface area (Å²) in [6.07, 6.45) is 1.71. The van der Waals surface area contributed by atoms with E-state index in [9.17, 15) is 0 Å². The molecule has 12 heavy (non-hydrogen) atoms. The van der Waals surface area contributed by atoms with Crippen molar-refractivity contribution in [1.29, 1.82) is 0 Å². The van der Waals surface area contributed by atoms with E-state index in [4.69, 9.17) is 5.11 Å². The van der Waals surface area contributed by atoms with Crippen molar-refractivity contribution < 1.29 is 5.11 Å². The maximum absolute atomic E-state index is 8.83. The van der Waals surface area contributed by atoms with Gasteiger partial charge in [-0.25, -0.2) is 9.97 Å².